The fourth-order valence-corrected chi connectivity index (χ4v) is 4.89. The minimum Gasteiger partial charge on any atom is -0.460 e. The molecule has 0 aliphatic rings. The molecule has 0 fully saturated rings. The molecule has 1 amide bonds. The van der Waals surface area contributed by atoms with Crippen molar-refractivity contribution in [2.24, 2.45) is 17.8 Å². The number of nitrogens with one attached hydrogen (secondary N) is 2. The molecule has 0 radical (unpaired) electrons. The van der Waals surface area contributed by atoms with Gasteiger partial charge in [-0.05, 0) is 71.5 Å². The first kappa shape index (κ1) is 36.9. The van der Waals surface area contributed by atoms with Gasteiger partial charge in [0.1, 0.15) is 12.1 Å². The predicted molar refractivity (Wildman–Crippen MR) is 158 cm³/mol. The van der Waals surface area contributed by atoms with E-state index < -0.39 is 18.2 Å². The molecule has 0 spiro atoms. The highest BCUT2D eigenvalue weighted by Gasteiger charge is 2.35. The second-order valence-corrected chi connectivity index (χ2v) is 11.8. The molecule has 0 rings (SSSR count). The van der Waals surface area contributed by atoms with Crippen molar-refractivity contribution < 1.29 is 23.9 Å². The highest BCUT2D eigenvalue weighted by molar-refractivity contribution is 5.91. The molecule has 8 nitrogen and oxygen atoms in total. The normalized spacial score (nSPS) is 15.8. The van der Waals surface area contributed by atoms with Crippen LogP contribution in [0.1, 0.15) is 99.8 Å². The zero-order valence-electron chi connectivity index (χ0n) is 26.3. The second kappa shape index (κ2) is 19.9. The van der Waals surface area contributed by atoms with Crippen molar-refractivity contribution in [3.05, 3.63) is 12.2 Å². The summed E-state index contributed by atoms with van der Waals surface area (Å²) in [5.41, 5.74) is 0. The molecule has 0 unspecified atom stereocenters. The van der Waals surface area contributed by atoms with Gasteiger partial charge in [-0.3, -0.25) is 24.1 Å². The summed E-state index contributed by atoms with van der Waals surface area (Å²) >= 11 is 0. The summed E-state index contributed by atoms with van der Waals surface area (Å²) in [5, 5.41) is 6.02. The van der Waals surface area contributed by atoms with E-state index in [2.05, 4.69) is 24.5 Å². The first-order valence-electron chi connectivity index (χ1n) is 14.7. The standard InChI is InChI=1S/C31H57N3O5/c1-11-12-17-23(6)30(39-24(7)35)29(34(9)10)27(37)19-16-14-13-15-18-26(36)28(22(4)5)33-31(38)25(32-8)20-21(2)3/h11-12,21-23,25,28-30,32H,13-20H2,1-10H3,(H,33,38)/b12-11+/t23-,25+,28+,29+,30+/m1/s1. The number of nitrogens with zero attached hydrogens (tertiary/aromatic N) is 1. The van der Waals surface area contributed by atoms with Crippen molar-refractivity contribution in [2.75, 3.05) is 21.1 Å². The van der Waals surface area contributed by atoms with E-state index in [0.717, 1.165) is 32.1 Å². The summed E-state index contributed by atoms with van der Waals surface area (Å²) in [5.74, 6) is 0.0110. The number of Topliss-reactive ketones (excluding diaryl/α,β-unsaturated/α-hetero) is 2. The van der Waals surface area contributed by atoms with Gasteiger partial charge in [0.05, 0.1) is 12.1 Å². The Balaban J connectivity index is 4.85. The molecule has 0 aromatic carbocycles. The minimum atomic E-state index is -0.509. The van der Waals surface area contributed by atoms with Crippen LogP contribution in [0.5, 0.6) is 0 Å². The second-order valence-electron chi connectivity index (χ2n) is 11.8. The van der Waals surface area contributed by atoms with Gasteiger partial charge in [-0.2, -0.15) is 0 Å². The number of ether oxygens (including phenoxy) is 1. The highest BCUT2D eigenvalue weighted by atomic mass is 16.5. The van der Waals surface area contributed by atoms with E-state index in [4.69, 9.17) is 4.74 Å². The monoisotopic (exact) mass is 551 g/mol. The van der Waals surface area contributed by atoms with Crippen LogP contribution in [0.2, 0.25) is 0 Å². The summed E-state index contributed by atoms with van der Waals surface area (Å²) in [6.07, 6.45) is 8.84. The van der Waals surface area contributed by atoms with Crippen molar-refractivity contribution in [1.82, 2.24) is 15.5 Å². The van der Waals surface area contributed by atoms with Crippen LogP contribution in [-0.4, -0.2) is 73.7 Å². The van der Waals surface area contributed by atoms with Gasteiger partial charge in [-0.25, -0.2) is 0 Å². The van der Waals surface area contributed by atoms with Gasteiger partial charge < -0.3 is 15.4 Å². The Labute approximate surface area is 238 Å². The minimum absolute atomic E-state index is 0.00983. The molecular weight excluding hydrogens is 494 g/mol. The van der Waals surface area contributed by atoms with Gasteiger partial charge in [0.15, 0.2) is 11.6 Å². The van der Waals surface area contributed by atoms with Gasteiger partial charge >= 0.3 is 5.97 Å². The third-order valence-electron chi connectivity index (χ3n) is 7.08. The summed E-state index contributed by atoms with van der Waals surface area (Å²) < 4.78 is 5.63. The molecule has 2 N–H and O–H groups in total. The van der Waals surface area contributed by atoms with Crippen LogP contribution in [-0.2, 0) is 23.9 Å². The fourth-order valence-electron chi connectivity index (χ4n) is 4.89. The Kier molecular flexibility index (Phi) is 18.9. The van der Waals surface area contributed by atoms with Crippen LogP contribution in [0.15, 0.2) is 12.2 Å². The van der Waals surface area contributed by atoms with E-state index in [1.54, 1.807) is 7.05 Å². The molecule has 0 bridgehead atoms. The Morgan fingerprint density at radius 1 is 0.897 bits per heavy atom. The van der Waals surface area contributed by atoms with Gasteiger partial charge in [0.2, 0.25) is 5.91 Å². The molecule has 0 aromatic rings. The summed E-state index contributed by atoms with van der Waals surface area (Å²) in [6.45, 7) is 13.4. The number of esters is 1. The zero-order chi connectivity index (χ0) is 30.1. The lowest BCUT2D eigenvalue weighted by Gasteiger charge is -2.34. The molecule has 0 heterocycles. The largest absolute Gasteiger partial charge is 0.460 e. The van der Waals surface area contributed by atoms with E-state index in [-0.39, 0.29) is 41.3 Å². The molecule has 0 saturated carbocycles. The SMILES string of the molecule is C/C=C/C[C@@H](C)[C@H](OC(C)=O)[C@H](C(=O)CCCCCCC(=O)[C@@H](NC(=O)[C@H](CC(C)C)NC)C(C)C)N(C)C. The average Bonchev–Trinajstić information content (AvgIpc) is 2.84. The van der Waals surface area contributed by atoms with Crippen molar-refractivity contribution in [3.8, 4) is 0 Å². The van der Waals surface area contributed by atoms with Gasteiger partial charge in [0, 0.05) is 19.8 Å². The van der Waals surface area contributed by atoms with Gasteiger partial charge in [0.25, 0.3) is 0 Å². The first-order valence-corrected chi connectivity index (χ1v) is 14.7. The molecule has 0 aliphatic heterocycles. The van der Waals surface area contributed by atoms with Gasteiger partial charge in [-0.1, -0.05) is 59.6 Å². The maximum Gasteiger partial charge on any atom is 0.302 e. The molecular formula is C31H57N3O5. The van der Waals surface area contributed by atoms with Crippen molar-refractivity contribution in [2.45, 2.75) is 124 Å². The summed E-state index contributed by atoms with van der Waals surface area (Å²) in [7, 11) is 5.46. The zero-order valence-corrected chi connectivity index (χ0v) is 26.3. The third kappa shape index (κ3) is 14.8. The molecule has 0 aliphatic carbocycles. The van der Waals surface area contributed by atoms with Gasteiger partial charge in [-0.15, -0.1) is 0 Å². The molecule has 5 atom stereocenters. The highest BCUT2D eigenvalue weighted by Crippen LogP contribution is 2.22. The third-order valence-corrected chi connectivity index (χ3v) is 7.08. The maximum absolute atomic E-state index is 13.2. The Hall–Kier alpha value is -2.06. The molecule has 8 heteroatoms. The number of likely N-dealkylation sites (N-methyl/N-ethyl adjacent to an activating group) is 2. The Morgan fingerprint density at radius 3 is 1.90 bits per heavy atom. The van der Waals surface area contributed by atoms with Crippen LogP contribution in [0.3, 0.4) is 0 Å². The lowest BCUT2D eigenvalue weighted by Crippen LogP contribution is -2.51. The quantitative estimate of drug-likeness (QED) is 0.121. The van der Waals surface area contributed by atoms with Crippen LogP contribution >= 0.6 is 0 Å². The molecule has 0 aromatic heterocycles. The summed E-state index contributed by atoms with van der Waals surface area (Å²) in [6, 6.07) is -1.30. The number of allylic oxidation sites excluding steroid dienone is 2. The first-order chi connectivity index (χ1) is 18.3. The number of unbranched alkanes of at least 4 members (excludes halogenated alkanes) is 3. The lowest BCUT2D eigenvalue weighted by molar-refractivity contribution is -0.155. The van der Waals surface area contributed by atoms with Crippen LogP contribution in [0.25, 0.3) is 0 Å². The smallest absolute Gasteiger partial charge is 0.302 e. The number of hydrogen-bond donors (Lipinski definition) is 2. The number of amides is 1. The van der Waals surface area contributed by atoms with Crippen molar-refractivity contribution in [3.63, 3.8) is 0 Å². The fraction of sp³-hybridized carbons (Fsp3) is 0.806. The predicted octanol–water partition coefficient (Wildman–Crippen LogP) is 4.70. The number of hydrogen-bond acceptors (Lipinski definition) is 7. The number of carbonyl (C=O) groups excluding carboxylic acids is 4. The Morgan fingerprint density at radius 2 is 1.46 bits per heavy atom. The van der Waals surface area contributed by atoms with E-state index in [9.17, 15) is 19.2 Å². The van der Waals surface area contributed by atoms with E-state index >= 15 is 0 Å². The van der Waals surface area contributed by atoms with E-state index in [0.29, 0.717) is 25.2 Å². The number of carbonyl (C=O) groups is 4. The van der Waals surface area contributed by atoms with Crippen LogP contribution in [0, 0.1) is 17.8 Å². The summed E-state index contributed by atoms with van der Waals surface area (Å²) in [4.78, 5) is 52.5. The molecule has 0 saturated heterocycles. The number of rotatable bonds is 21. The number of ketones is 2. The van der Waals surface area contributed by atoms with E-state index in [1.165, 1.54) is 6.92 Å². The van der Waals surface area contributed by atoms with Crippen LogP contribution in [0.4, 0.5) is 0 Å². The Bertz CT molecular complexity index is 778. The average molecular weight is 552 g/mol. The lowest BCUT2D eigenvalue weighted by atomic mass is 9.89. The van der Waals surface area contributed by atoms with E-state index in [1.807, 2.05) is 58.8 Å². The maximum atomic E-state index is 13.2. The van der Waals surface area contributed by atoms with Crippen LogP contribution < -0.4 is 10.6 Å². The molecule has 39 heavy (non-hydrogen) atoms. The van der Waals surface area contributed by atoms with Crippen molar-refractivity contribution >= 4 is 23.4 Å². The molecule has 226 valence electrons. The topological polar surface area (TPSA) is 105 Å². The van der Waals surface area contributed by atoms with Crippen molar-refractivity contribution in [1.29, 1.82) is 0 Å².